The van der Waals surface area contributed by atoms with Crippen molar-refractivity contribution in [3.05, 3.63) is 89.0 Å². The van der Waals surface area contributed by atoms with Gasteiger partial charge in [-0.15, -0.1) is 0 Å². The number of benzene rings is 2. The van der Waals surface area contributed by atoms with E-state index in [2.05, 4.69) is 58.8 Å². The summed E-state index contributed by atoms with van der Waals surface area (Å²) >= 11 is 5.77. The molecule has 5 rings (SSSR count). The Morgan fingerprint density at radius 1 is 1.03 bits per heavy atom. The smallest absolute Gasteiger partial charge is 0.204 e. The van der Waals surface area contributed by atoms with Gasteiger partial charge in [0, 0.05) is 23.7 Å². The lowest BCUT2D eigenvalue weighted by Crippen LogP contribution is -2.22. The predicted molar refractivity (Wildman–Crippen MR) is 121 cm³/mol. The first-order chi connectivity index (χ1) is 14.6. The number of hydrogen-bond donors (Lipinski definition) is 0. The molecule has 0 saturated carbocycles. The molecule has 0 aliphatic carbocycles. The summed E-state index contributed by atoms with van der Waals surface area (Å²) in [6.45, 7) is 3.47. The van der Waals surface area contributed by atoms with Crippen LogP contribution in [0.2, 0.25) is 0 Å². The highest BCUT2D eigenvalue weighted by molar-refractivity contribution is 7.71. The number of rotatable bonds is 5. The molecule has 0 bridgehead atoms. The van der Waals surface area contributed by atoms with Crippen molar-refractivity contribution >= 4 is 28.8 Å². The fraction of sp³-hybridized carbons (Fsp3) is 0.174. The normalized spacial score (nSPS) is 11.7. The Balaban J connectivity index is 1.41. The van der Waals surface area contributed by atoms with Crippen LogP contribution in [0.4, 0.5) is 0 Å². The van der Waals surface area contributed by atoms with Crippen LogP contribution in [-0.2, 0) is 13.2 Å². The molecule has 7 heteroatoms. The third kappa shape index (κ3) is 3.32. The molecule has 0 fully saturated rings. The van der Waals surface area contributed by atoms with E-state index in [9.17, 15) is 0 Å². The van der Waals surface area contributed by atoms with E-state index >= 15 is 0 Å². The minimum atomic E-state index is 0.602. The third-order valence-corrected chi connectivity index (χ3v) is 5.66. The molecular formula is C23H22N6S. The largest absolute Gasteiger partial charge is 0.283 e. The van der Waals surface area contributed by atoms with Gasteiger partial charge >= 0.3 is 0 Å². The van der Waals surface area contributed by atoms with Crippen LogP contribution < -0.4 is 0 Å². The minimum Gasteiger partial charge on any atom is -0.283 e. The Morgan fingerprint density at radius 3 is 2.63 bits per heavy atom. The molecule has 0 atom stereocenters. The molecule has 0 amide bonds. The minimum absolute atomic E-state index is 0.602. The maximum atomic E-state index is 5.77. The van der Waals surface area contributed by atoms with Gasteiger partial charge in [-0.2, -0.15) is 10.2 Å². The molecule has 6 nitrogen and oxygen atoms in total. The molecule has 0 spiro atoms. The van der Waals surface area contributed by atoms with E-state index in [1.807, 2.05) is 52.0 Å². The first-order valence-electron chi connectivity index (χ1n) is 9.85. The quantitative estimate of drug-likeness (QED) is 0.394. The van der Waals surface area contributed by atoms with E-state index in [0.29, 0.717) is 11.4 Å². The van der Waals surface area contributed by atoms with Crippen LogP contribution in [0.15, 0.2) is 73.1 Å². The number of fused-ring (bicyclic) bond motifs is 3. The highest BCUT2D eigenvalue weighted by atomic mass is 32.1. The van der Waals surface area contributed by atoms with Crippen molar-refractivity contribution < 1.29 is 0 Å². The third-order valence-electron chi connectivity index (χ3n) is 5.26. The second-order valence-corrected chi connectivity index (χ2v) is 7.97. The highest BCUT2D eigenvalue weighted by Crippen LogP contribution is 2.21. The molecule has 3 heterocycles. The maximum Gasteiger partial charge on any atom is 0.204 e. The first-order valence-corrected chi connectivity index (χ1v) is 10.3. The topological polar surface area (TPSA) is 43.3 Å². The van der Waals surface area contributed by atoms with Crippen molar-refractivity contribution in [2.24, 2.45) is 0 Å². The molecule has 2 aromatic carbocycles. The van der Waals surface area contributed by atoms with Gasteiger partial charge in [0.05, 0.1) is 24.1 Å². The van der Waals surface area contributed by atoms with E-state index in [0.717, 1.165) is 29.0 Å². The van der Waals surface area contributed by atoms with Gasteiger partial charge in [0.1, 0.15) is 0 Å². The average Bonchev–Trinajstić information content (AvgIpc) is 3.33. The van der Waals surface area contributed by atoms with Crippen molar-refractivity contribution in [1.29, 1.82) is 0 Å². The lowest BCUT2D eigenvalue weighted by molar-refractivity contribution is 0.245. The molecule has 0 aliphatic heterocycles. The fourth-order valence-corrected chi connectivity index (χ4v) is 4.15. The summed E-state index contributed by atoms with van der Waals surface area (Å²) in [6, 6.07) is 20.5. The zero-order chi connectivity index (χ0) is 20.7. The van der Waals surface area contributed by atoms with Gasteiger partial charge in [-0.25, -0.2) is 9.36 Å². The Hall–Kier alpha value is -3.29. The predicted octanol–water partition coefficient (Wildman–Crippen LogP) is 4.60. The van der Waals surface area contributed by atoms with Gasteiger partial charge < -0.3 is 0 Å². The van der Waals surface area contributed by atoms with Crippen molar-refractivity contribution in [2.45, 2.75) is 20.1 Å². The Labute approximate surface area is 179 Å². The zero-order valence-electron chi connectivity index (χ0n) is 16.9. The van der Waals surface area contributed by atoms with E-state index in [4.69, 9.17) is 17.3 Å². The lowest BCUT2D eigenvalue weighted by atomic mass is 10.1. The van der Waals surface area contributed by atoms with Crippen LogP contribution in [0.3, 0.4) is 0 Å². The molecule has 30 heavy (non-hydrogen) atoms. The van der Waals surface area contributed by atoms with E-state index in [1.54, 1.807) is 0 Å². The van der Waals surface area contributed by atoms with Crippen LogP contribution in [-0.4, -0.2) is 35.9 Å². The summed E-state index contributed by atoms with van der Waals surface area (Å²) in [5.41, 5.74) is 5.36. The Morgan fingerprint density at radius 2 is 1.80 bits per heavy atom. The molecule has 0 N–H and O–H groups in total. The Bertz CT molecular complexity index is 1400. The second-order valence-electron chi connectivity index (χ2n) is 7.60. The number of para-hydroxylation sites is 2. The van der Waals surface area contributed by atoms with E-state index in [-0.39, 0.29) is 0 Å². The van der Waals surface area contributed by atoms with Gasteiger partial charge in [-0.05, 0) is 56.0 Å². The number of aromatic nitrogens is 5. The summed E-state index contributed by atoms with van der Waals surface area (Å²) in [6.07, 6.45) is 3.97. The summed E-state index contributed by atoms with van der Waals surface area (Å²) in [4.78, 5) is 2.18. The average molecular weight is 415 g/mol. The van der Waals surface area contributed by atoms with E-state index in [1.165, 1.54) is 10.9 Å². The standard InChI is InChI=1S/C23H22N6S/c1-17-12-22-25-28(23(30)29(22)21-11-7-6-10-20(17)21)16-26(2)14-18-13-24-27(15-18)19-8-4-3-5-9-19/h3-13,15H,14,16H2,1-2H3. The van der Waals surface area contributed by atoms with Crippen molar-refractivity contribution in [2.75, 3.05) is 7.05 Å². The number of aryl methyl sites for hydroxylation is 1. The fourth-order valence-electron chi connectivity index (χ4n) is 3.86. The van der Waals surface area contributed by atoms with Gasteiger partial charge in [0.15, 0.2) is 5.65 Å². The maximum absolute atomic E-state index is 5.77. The van der Waals surface area contributed by atoms with Gasteiger partial charge in [-0.3, -0.25) is 9.30 Å². The molecule has 5 aromatic rings. The van der Waals surface area contributed by atoms with Crippen molar-refractivity contribution in [3.8, 4) is 5.69 Å². The summed E-state index contributed by atoms with van der Waals surface area (Å²) in [7, 11) is 2.06. The molecule has 0 radical (unpaired) electrons. The Kier molecular flexibility index (Phi) is 4.69. The van der Waals surface area contributed by atoms with Crippen LogP contribution in [0.5, 0.6) is 0 Å². The molecule has 0 aliphatic rings. The first kappa shape index (κ1) is 18.7. The SMILES string of the molecule is Cc1cc2nn(CN(C)Cc3cnn(-c4ccccc4)c3)c(=S)n2c2ccccc12. The summed E-state index contributed by atoms with van der Waals surface area (Å²) < 4.78 is 6.54. The van der Waals surface area contributed by atoms with Crippen LogP contribution in [0, 0.1) is 11.7 Å². The second kappa shape index (κ2) is 7.51. The summed E-state index contributed by atoms with van der Waals surface area (Å²) in [5, 5.41) is 10.5. The van der Waals surface area contributed by atoms with Gasteiger partial charge in [0.2, 0.25) is 4.77 Å². The molecule has 0 saturated heterocycles. The van der Waals surface area contributed by atoms with Crippen molar-refractivity contribution in [3.63, 3.8) is 0 Å². The summed E-state index contributed by atoms with van der Waals surface area (Å²) in [5.74, 6) is 0. The highest BCUT2D eigenvalue weighted by Gasteiger charge is 2.12. The van der Waals surface area contributed by atoms with Crippen molar-refractivity contribution in [1.82, 2.24) is 28.9 Å². The zero-order valence-corrected chi connectivity index (χ0v) is 17.8. The van der Waals surface area contributed by atoms with Crippen LogP contribution >= 0.6 is 12.2 Å². The van der Waals surface area contributed by atoms with E-state index < -0.39 is 0 Å². The molecule has 0 unspecified atom stereocenters. The molecule has 150 valence electrons. The monoisotopic (exact) mass is 414 g/mol. The van der Waals surface area contributed by atoms with Gasteiger partial charge in [0.25, 0.3) is 0 Å². The molecule has 3 aromatic heterocycles. The van der Waals surface area contributed by atoms with Crippen LogP contribution in [0.25, 0.3) is 22.2 Å². The lowest BCUT2D eigenvalue weighted by Gasteiger charge is -2.15. The van der Waals surface area contributed by atoms with Gasteiger partial charge in [-0.1, -0.05) is 36.4 Å². The number of hydrogen-bond acceptors (Lipinski definition) is 4. The number of nitrogens with zero attached hydrogens (tertiary/aromatic N) is 6. The van der Waals surface area contributed by atoms with Crippen LogP contribution in [0.1, 0.15) is 11.1 Å². The number of pyridine rings is 1. The molecular weight excluding hydrogens is 392 g/mol.